The van der Waals surface area contributed by atoms with Gasteiger partial charge in [-0.05, 0) is 56.0 Å². The van der Waals surface area contributed by atoms with Gasteiger partial charge in [0.15, 0.2) is 23.1 Å². The van der Waals surface area contributed by atoms with Gasteiger partial charge in [-0.25, -0.2) is 18.7 Å². The van der Waals surface area contributed by atoms with Crippen molar-refractivity contribution in [1.82, 2.24) is 14.9 Å². The fraction of sp³-hybridized carbons (Fsp3) is 0.310. The number of amides is 2. The van der Waals surface area contributed by atoms with E-state index in [1.165, 1.54) is 29.4 Å². The molecule has 1 aliphatic heterocycles. The van der Waals surface area contributed by atoms with Crippen molar-refractivity contribution in [2.45, 2.75) is 31.6 Å². The lowest BCUT2D eigenvalue weighted by Crippen LogP contribution is -2.29. The number of hydrogen-bond acceptors (Lipinski definition) is 7. The van der Waals surface area contributed by atoms with Crippen LogP contribution in [0.4, 0.5) is 20.3 Å². The molecule has 2 aromatic carbocycles. The summed E-state index contributed by atoms with van der Waals surface area (Å²) in [5.74, 6) is -2.19. The second-order valence-electron chi connectivity index (χ2n) is 10.0. The molecule has 11 heteroatoms. The third kappa shape index (κ3) is 4.94. The Morgan fingerprint density at radius 2 is 2.02 bits per heavy atom. The molecule has 3 N–H and O–H groups in total. The van der Waals surface area contributed by atoms with Crippen LogP contribution in [0.5, 0.6) is 11.5 Å². The van der Waals surface area contributed by atoms with E-state index in [1.807, 2.05) is 0 Å². The van der Waals surface area contributed by atoms with Crippen LogP contribution in [0, 0.1) is 18.6 Å². The van der Waals surface area contributed by atoms with E-state index in [9.17, 15) is 14.0 Å². The second kappa shape index (κ2) is 10.6. The summed E-state index contributed by atoms with van der Waals surface area (Å²) in [5.41, 5.74) is 7.66. The van der Waals surface area contributed by atoms with Gasteiger partial charge in [0.25, 0.3) is 5.91 Å². The monoisotopic (exact) mass is 549 g/mol. The number of carbonyl (C=O) groups is 2. The van der Waals surface area contributed by atoms with Crippen LogP contribution < -0.4 is 20.5 Å². The third-order valence-corrected chi connectivity index (χ3v) is 7.52. The van der Waals surface area contributed by atoms with Gasteiger partial charge in [-0.3, -0.25) is 9.59 Å². The van der Waals surface area contributed by atoms with Crippen molar-refractivity contribution in [2.24, 2.45) is 0 Å². The molecule has 0 radical (unpaired) electrons. The standard InChI is InChI=1S/C29H29F2N5O4/c1-4-22(37)36(3)10-12-40-26-24(33-15-34-27(26)32)19-13-17(30)14-21(16(19)2)35-28(38)18-5-6-20-25(23(18)31)39-11-9-29(20)7-8-29/h4-6,13-15H,1,7-12H2,2-3H3,(H,35,38)(H2,32,33,34). The number of nitrogens with one attached hydrogen (secondary N) is 1. The number of benzene rings is 2. The highest BCUT2D eigenvalue weighted by Gasteiger charge is 2.48. The Kier molecular flexibility index (Phi) is 7.14. The molecule has 1 aliphatic carbocycles. The number of fused-ring (bicyclic) bond motifs is 2. The normalized spacial score (nSPS) is 14.6. The zero-order chi connectivity index (χ0) is 28.6. The van der Waals surface area contributed by atoms with Crippen molar-refractivity contribution >= 4 is 23.3 Å². The van der Waals surface area contributed by atoms with E-state index in [-0.39, 0.29) is 58.7 Å². The first-order chi connectivity index (χ1) is 19.1. The second-order valence-corrected chi connectivity index (χ2v) is 10.0. The molecule has 40 heavy (non-hydrogen) atoms. The molecule has 1 fully saturated rings. The van der Waals surface area contributed by atoms with Crippen LogP contribution in [-0.2, 0) is 10.2 Å². The van der Waals surface area contributed by atoms with Crippen LogP contribution in [0.3, 0.4) is 0 Å². The predicted molar refractivity (Wildman–Crippen MR) is 145 cm³/mol. The largest absolute Gasteiger partial charge is 0.490 e. The molecule has 0 saturated heterocycles. The minimum absolute atomic E-state index is 0.0153. The molecule has 3 aromatic rings. The molecule has 0 bridgehead atoms. The topological polar surface area (TPSA) is 120 Å². The maximum atomic E-state index is 15.4. The quantitative estimate of drug-likeness (QED) is 0.400. The van der Waals surface area contributed by atoms with Gasteiger partial charge in [-0.2, -0.15) is 0 Å². The van der Waals surface area contributed by atoms with Gasteiger partial charge in [0, 0.05) is 29.3 Å². The zero-order valence-corrected chi connectivity index (χ0v) is 22.2. The maximum Gasteiger partial charge on any atom is 0.258 e. The number of likely N-dealkylation sites (N-methyl/N-ethyl adjacent to an activating group) is 1. The molecule has 2 aliphatic rings. The Morgan fingerprint density at radius 3 is 2.75 bits per heavy atom. The van der Waals surface area contributed by atoms with E-state index in [2.05, 4.69) is 21.9 Å². The Labute approximate surface area is 230 Å². The Bertz CT molecular complexity index is 1520. The van der Waals surface area contributed by atoms with Gasteiger partial charge in [0.1, 0.15) is 24.4 Å². The molecule has 208 valence electrons. The highest BCUT2D eigenvalue weighted by atomic mass is 19.1. The van der Waals surface area contributed by atoms with Gasteiger partial charge >= 0.3 is 0 Å². The molecule has 0 atom stereocenters. The van der Waals surface area contributed by atoms with Crippen LogP contribution in [0.2, 0.25) is 0 Å². The first kappa shape index (κ1) is 27.0. The molecular formula is C29H29F2N5O4. The number of hydrogen-bond donors (Lipinski definition) is 2. The van der Waals surface area contributed by atoms with Crippen LogP contribution in [0.1, 0.15) is 40.7 Å². The highest BCUT2D eigenvalue weighted by molar-refractivity contribution is 6.05. The molecule has 2 amide bonds. The zero-order valence-electron chi connectivity index (χ0n) is 22.2. The number of halogens is 2. The summed E-state index contributed by atoms with van der Waals surface area (Å²) in [5, 5.41) is 2.63. The third-order valence-electron chi connectivity index (χ3n) is 7.52. The molecule has 1 saturated carbocycles. The molecule has 9 nitrogen and oxygen atoms in total. The number of ether oxygens (including phenoxy) is 2. The van der Waals surface area contributed by atoms with Crippen molar-refractivity contribution in [3.8, 4) is 22.8 Å². The van der Waals surface area contributed by atoms with Crippen LogP contribution in [0.15, 0.2) is 43.2 Å². The Balaban J connectivity index is 1.42. The number of carbonyl (C=O) groups excluding carboxylic acids is 2. The van der Waals surface area contributed by atoms with E-state index in [0.717, 1.165) is 30.9 Å². The lowest BCUT2D eigenvalue weighted by atomic mass is 9.89. The van der Waals surface area contributed by atoms with Gasteiger partial charge < -0.3 is 25.4 Å². The number of rotatable bonds is 8. The average Bonchev–Trinajstić information content (AvgIpc) is 3.71. The van der Waals surface area contributed by atoms with Gasteiger partial charge in [0.2, 0.25) is 5.91 Å². The smallest absolute Gasteiger partial charge is 0.258 e. The Morgan fingerprint density at radius 1 is 1.25 bits per heavy atom. The number of nitrogens with two attached hydrogens (primary N) is 1. The van der Waals surface area contributed by atoms with Crippen molar-refractivity contribution in [3.63, 3.8) is 0 Å². The summed E-state index contributed by atoms with van der Waals surface area (Å²) in [6, 6.07) is 5.56. The summed E-state index contributed by atoms with van der Waals surface area (Å²) in [4.78, 5) is 34.5. The van der Waals surface area contributed by atoms with Crippen molar-refractivity contribution < 1.29 is 27.8 Å². The van der Waals surface area contributed by atoms with E-state index in [1.54, 1.807) is 20.0 Å². The van der Waals surface area contributed by atoms with Crippen molar-refractivity contribution in [1.29, 1.82) is 0 Å². The van der Waals surface area contributed by atoms with E-state index in [4.69, 9.17) is 15.2 Å². The average molecular weight is 550 g/mol. The molecule has 2 heterocycles. The predicted octanol–water partition coefficient (Wildman–Crippen LogP) is 4.40. The minimum atomic E-state index is -0.743. The van der Waals surface area contributed by atoms with Crippen molar-refractivity contribution in [2.75, 3.05) is 37.9 Å². The number of nitrogen functional groups attached to an aromatic ring is 1. The summed E-state index contributed by atoms with van der Waals surface area (Å²) in [6.07, 6.45) is 5.18. The number of nitrogens with zero attached hydrogens (tertiary/aromatic N) is 3. The van der Waals surface area contributed by atoms with E-state index < -0.39 is 17.5 Å². The van der Waals surface area contributed by atoms with Crippen LogP contribution in [0.25, 0.3) is 11.3 Å². The maximum absolute atomic E-state index is 15.4. The molecular weight excluding hydrogens is 520 g/mol. The number of aromatic nitrogens is 2. The lowest BCUT2D eigenvalue weighted by Gasteiger charge is -2.26. The molecule has 1 spiro atoms. The number of anilines is 2. The molecule has 0 unspecified atom stereocenters. The fourth-order valence-electron chi connectivity index (χ4n) is 4.96. The van der Waals surface area contributed by atoms with Gasteiger partial charge in [0.05, 0.1) is 18.7 Å². The Hall–Kier alpha value is -4.54. The summed E-state index contributed by atoms with van der Waals surface area (Å²) in [6.45, 7) is 5.78. The first-order valence-electron chi connectivity index (χ1n) is 12.8. The summed E-state index contributed by atoms with van der Waals surface area (Å²) in [7, 11) is 1.59. The molecule has 5 rings (SSSR count). The SMILES string of the molecule is C=CC(=O)N(C)CCOc1c(N)ncnc1-c1cc(F)cc(NC(=O)c2ccc3c(c2F)OCCC32CC2)c1C. The summed E-state index contributed by atoms with van der Waals surface area (Å²) >= 11 is 0. The first-order valence-corrected chi connectivity index (χ1v) is 12.8. The van der Waals surface area contributed by atoms with Gasteiger partial charge in [-0.1, -0.05) is 12.6 Å². The van der Waals surface area contributed by atoms with Crippen LogP contribution in [-0.4, -0.2) is 53.5 Å². The highest BCUT2D eigenvalue weighted by Crippen LogP contribution is 2.56. The van der Waals surface area contributed by atoms with Crippen LogP contribution >= 0.6 is 0 Å². The van der Waals surface area contributed by atoms with Gasteiger partial charge in [-0.15, -0.1) is 0 Å². The van der Waals surface area contributed by atoms with E-state index >= 15 is 4.39 Å². The lowest BCUT2D eigenvalue weighted by molar-refractivity contribution is -0.125. The molecule has 1 aromatic heterocycles. The summed E-state index contributed by atoms with van der Waals surface area (Å²) < 4.78 is 41.7. The van der Waals surface area contributed by atoms with E-state index in [0.29, 0.717) is 17.7 Å². The van der Waals surface area contributed by atoms with Crippen molar-refractivity contribution in [3.05, 3.63) is 71.6 Å². The fourth-order valence-corrected chi connectivity index (χ4v) is 4.96. The minimum Gasteiger partial charge on any atom is -0.490 e.